The zero-order valence-electron chi connectivity index (χ0n) is 13.0. The van der Waals surface area contributed by atoms with E-state index in [1.54, 1.807) is 0 Å². The zero-order valence-corrected chi connectivity index (χ0v) is 13.0. The van der Waals surface area contributed by atoms with Gasteiger partial charge < -0.3 is 14.6 Å². The first-order valence-electron chi connectivity index (χ1n) is 7.73. The zero-order chi connectivity index (χ0) is 14.9. The predicted octanol–water partition coefficient (Wildman–Crippen LogP) is 4.14. The lowest BCUT2D eigenvalue weighted by Crippen LogP contribution is -2.06. The molecule has 0 saturated heterocycles. The number of anilines is 2. The van der Waals surface area contributed by atoms with Crippen molar-refractivity contribution in [1.29, 1.82) is 0 Å². The summed E-state index contributed by atoms with van der Waals surface area (Å²) in [4.78, 5) is 4.55. The smallest absolute Gasteiger partial charge is 0.207 e. The van der Waals surface area contributed by atoms with Crippen molar-refractivity contribution in [1.82, 2.24) is 9.55 Å². The molecule has 4 heteroatoms. The number of rotatable bonds is 9. The summed E-state index contributed by atoms with van der Waals surface area (Å²) in [5, 5.41) is 3.37. The Morgan fingerprint density at radius 1 is 1.14 bits per heavy atom. The number of ether oxygens (including phenoxy) is 1. The standard InChI is InChI=1S/C17H25N3O/c1-3-4-12-21-13-8-11-20-14-15(2)18-17(20)19-16-9-6-5-7-10-16/h5-7,9-10,14H,3-4,8,11-13H2,1-2H3,(H,18,19). The highest BCUT2D eigenvalue weighted by molar-refractivity contribution is 5.53. The van der Waals surface area contributed by atoms with Gasteiger partial charge >= 0.3 is 0 Å². The molecule has 0 aliphatic heterocycles. The molecule has 0 unspecified atom stereocenters. The quantitative estimate of drug-likeness (QED) is 0.704. The van der Waals surface area contributed by atoms with Gasteiger partial charge in [0.05, 0.1) is 5.69 Å². The summed E-state index contributed by atoms with van der Waals surface area (Å²) < 4.78 is 7.76. The van der Waals surface area contributed by atoms with Gasteiger partial charge in [-0.15, -0.1) is 0 Å². The molecule has 0 saturated carbocycles. The van der Waals surface area contributed by atoms with E-state index in [1.165, 1.54) is 6.42 Å². The van der Waals surface area contributed by atoms with Gasteiger partial charge in [0.25, 0.3) is 0 Å². The normalized spacial score (nSPS) is 10.8. The molecule has 1 aromatic heterocycles. The third-order valence-electron chi connectivity index (χ3n) is 3.26. The summed E-state index contributed by atoms with van der Waals surface area (Å²) in [6.07, 6.45) is 5.41. The molecular formula is C17H25N3O. The molecule has 2 rings (SSSR count). The first kappa shape index (κ1) is 15.6. The summed E-state index contributed by atoms with van der Waals surface area (Å²) >= 11 is 0. The van der Waals surface area contributed by atoms with Crippen LogP contribution in [0.4, 0.5) is 11.6 Å². The van der Waals surface area contributed by atoms with Crippen LogP contribution < -0.4 is 5.32 Å². The van der Waals surface area contributed by atoms with E-state index in [-0.39, 0.29) is 0 Å². The maximum Gasteiger partial charge on any atom is 0.207 e. The average Bonchev–Trinajstić information content (AvgIpc) is 2.83. The van der Waals surface area contributed by atoms with E-state index in [2.05, 4.69) is 28.0 Å². The van der Waals surface area contributed by atoms with Crippen molar-refractivity contribution in [2.45, 2.75) is 39.7 Å². The van der Waals surface area contributed by atoms with Gasteiger partial charge in [-0.05, 0) is 31.9 Å². The lowest BCUT2D eigenvalue weighted by molar-refractivity contribution is 0.126. The highest BCUT2D eigenvalue weighted by Crippen LogP contribution is 2.16. The molecule has 1 aromatic carbocycles. The van der Waals surface area contributed by atoms with Gasteiger partial charge in [-0.3, -0.25) is 0 Å². The Balaban J connectivity index is 1.85. The molecule has 0 spiro atoms. The first-order chi connectivity index (χ1) is 10.3. The van der Waals surface area contributed by atoms with Crippen LogP contribution in [-0.2, 0) is 11.3 Å². The van der Waals surface area contributed by atoms with Crippen molar-refractivity contribution in [2.75, 3.05) is 18.5 Å². The van der Waals surface area contributed by atoms with Gasteiger partial charge in [-0.25, -0.2) is 4.98 Å². The number of nitrogens with one attached hydrogen (secondary N) is 1. The van der Waals surface area contributed by atoms with E-state index < -0.39 is 0 Å². The molecule has 114 valence electrons. The highest BCUT2D eigenvalue weighted by Gasteiger charge is 2.05. The second kappa shape index (κ2) is 8.47. The summed E-state index contributed by atoms with van der Waals surface area (Å²) in [6.45, 7) is 6.79. The molecule has 0 aliphatic carbocycles. The minimum Gasteiger partial charge on any atom is -0.381 e. The Bertz CT molecular complexity index is 522. The Hall–Kier alpha value is -1.81. The number of hydrogen-bond donors (Lipinski definition) is 1. The van der Waals surface area contributed by atoms with Gasteiger partial charge in [0.2, 0.25) is 5.95 Å². The van der Waals surface area contributed by atoms with Crippen LogP contribution in [0.5, 0.6) is 0 Å². The second-order valence-electron chi connectivity index (χ2n) is 5.21. The molecule has 4 nitrogen and oxygen atoms in total. The molecular weight excluding hydrogens is 262 g/mol. The van der Waals surface area contributed by atoms with Crippen molar-refractivity contribution >= 4 is 11.6 Å². The van der Waals surface area contributed by atoms with E-state index in [1.807, 2.05) is 37.3 Å². The van der Waals surface area contributed by atoms with E-state index in [0.717, 1.165) is 49.9 Å². The third kappa shape index (κ3) is 5.23. The van der Waals surface area contributed by atoms with E-state index >= 15 is 0 Å². The average molecular weight is 287 g/mol. The number of imidazole rings is 1. The number of unbranched alkanes of at least 4 members (excludes halogenated alkanes) is 1. The number of aryl methyl sites for hydroxylation is 2. The van der Waals surface area contributed by atoms with Crippen LogP contribution in [0.3, 0.4) is 0 Å². The van der Waals surface area contributed by atoms with Crippen molar-refractivity contribution < 1.29 is 4.74 Å². The Morgan fingerprint density at radius 2 is 1.90 bits per heavy atom. The largest absolute Gasteiger partial charge is 0.381 e. The van der Waals surface area contributed by atoms with Gasteiger partial charge in [0, 0.05) is 31.6 Å². The molecule has 0 bridgehead atoms. The number of benzene rings is 1. The molecule has 0 atom stereocenters. The number of nitrogens with zero attached hydrogens (tertiary/aromatic N) is 2. The van der Waals surface area contributed by atoms with Crippen LogP contribution in [0.25, 0.3) is 0 Å². The molecule has 0 fully saturated rings. The van der Waals surface area contributed by atoms with Crippen molar-refractivity contribution in [3.8, 4) is 0 Å². The van der Waals surface area contributed by atoms with Crippen LogP contribution >= 0.6 is 0 Å². The fourth-order valence-electron chi connectivity index (χ4n) is 2.15. The second-order valence-corrected chi connectivity index (χ2v) is 5.21. The van der Waals surface area contributed by atoms with Gasteiger partial charge in [-0.2, -0.15) is 0 Å². The number of aromatic nitrogens is 2. The Labute approximate surface area is 127 Å². The maximum atomic E-state index is 5.61. The van der Waals surface area contributed by atoms with Crippen LogP contribution in [0, 0.1) is 6.92 Å². The fraction of sp³-hybridized carbons (Fsp3) is 0.471. The number of hydrogen-bond acceptors (Lipinski definition) is 3. The topological polar surface area (TPSA) is 39.1 Å². The molecule has 21 heavy (non-hydrogen) atoms. The molecule has 1 N–H and O–H groups in total. The van der Waals surface area contributed by atoms with Crippen LogP contribution in [0.1, 0.15) is 31.9 Å². The summed E-state index contributed by atoms with van der Waals surface area (Å²) in [6, 6.07) is 10.1. The van der Waals surface area contributed by atoms with Crippen molar-refractivity contribution in [3.63, 3.8) is 0 Å². The summed E-state index contributed by atoms with van der Waals surface area (Å²) in [5.74, 6) is 0.896. The minimum absolute atomic E-state index is 0.808. The Kier molecular flexibility index (Phi) is 6.28. The van der Waals surface area contributed by atoms with Crippen LogP contribution in [0.15, 0.2) is 36.5 Å². The SMILES string of the molecule is CCCCOCCCn1cc(C)nc1Nc1ccccc1. The molecule has 0 radical (unpaired) electrons. The molecule has 0 amide bonds. The predicted molar refractivity (Wildman–Crippen MR) is 87.0 cm³/mol. The minimum atomic E-state index is 0.808. The third-order valence-corrected chi connectivity index (χ3v) is 3.26. The monoisotopic (exact) mass is 287 g/mol. The highest BCUT2D eigenvalue weighted by atomic mass is 16.5. The maximum absolute atomic E-state index is 5.61. The van der Waals surface area contributed by atoms with Crippen molar-refractivity contribution in [3.05, 3.63) is 42.2 Å². The fourth-order valence-corrected chi connectivity index (χ4v) is 2.15. The lowest BCUT2D eigenvalue weighted by atomic mass is 10.3. The first-order valence-corrected chi connectivity index (χ1v) is 7.73. The summed E-state index contributed by atoms with van der Waals surface area (Å²) in [7, 11) is 0. The van der Waals surface area contributed by atoms with Crippen LogP contribution in [0.2, 0.25) is 0 Å². The molecule has 2 aromatic rings. The summed E-state index contributed by atoms with van der Waals surface area (Å²) in [5.41, 5.74) is 2.09. The lowest BCUT2D eigenvalue weighted by Gasteiger charge is -2.10. The van der Waals surface area contributed by atoms with Crippen LogP contribution in [-0.4, -0.2) is 22.8 Å². The van der Waals surface area contributed by atoms with E-state index in [9.17, 15) is 0 Å². The van der Waals surface area contributed by atoms with Gasteiger partial charge in [0.1, 0.15) is 0 Å². The number of para-hydroxylation sites is 1. The Morgan fingerprint density at radius 3 is 2.67 bits per heavy atom. The van der Waals surface area contributed by atoms with Crippen molar-refractivity contribution in [2.24, 2.45) is 0 Å². The van der Waals surface area contributed by atoms with Gasteiger partial charge in [0.15, 0.2) is 0 Å². The van der Waals surface area contributed by atoms with E-state index in [0.29, 0.717) is 0 Å². The van der Waals surface area contributed by atoms with E-state index in [4.69, 9.17) is 4.74 Å². The van der Waals surface area contributed by atoms with Gasteiger partial charge in [-0.1, -0.05) is 31.5 Å². The molecule has 1 heterocycles. The molecule has 0 aliphatic rings.